The fourth-order valence-corrected chi connectivity index (χ4v) is 1.03. The molecule has 0 atom stereocenters. The van der Waals surface area contributed by atoms with Crippen molar-refractivity contribution in [2.45, 2.75) is 6.92 Å². The van der Waals surface area contributed by atoms with Gasteiger partial charge in [-0.3, -0.25) is 5.32 Å². The van der Waals surface area contributed by atoms with Crippen LogP contribution in [0.25, 0.3) is 0 Å². The molecule has 0 aliphatic heterocycles. The van der Waals surface area contributed by atoms with Crippen molar-refractivity contribution in [3.8, 4) is 0 Å². The van der Waals surface area contributed by atoms with Crippen molar-refractivity contribution in [2.24, 2.45) is 0 Å². The van der Waals surface area contributed by atoms with Gasteiger partial charge in [0.2, 0.25) is 0 Å². The monoisotopic (exact) mass is 170 g/mol. The van der Waals surface area contributed by atoms with Crippen LogP contribution in [0, 0.1) is 6.20 Å². The van der Waals surface area contributed by atoms with Crippen LogP contribution in [0.2, 0.25) is 0 Å². The largest absolute Gasteiger partial charge is 0.338 e. The van der Waals surface area contributed by atoms with E-state index in [1.165, 1.54) is 11.3 Å². The average Bonchev–Trinajstić information content (AvgIpc) is 2.40. The van der Waals surface area contributed by atoms with Crippen molar-refractivity contribution in [1.82, 2.24) is 10.3 Å². The van der Waals surface area contributed by atoms with Gasteiger partial charge in [0.1, 0.15) is 6.20 Å². The van der Waals surface area contributed by atoms with Gasteiger partial charge in [-0.1, -0.05) is 0 Å². The molecule has 5 heteroatoms. The van der Waals surface area contributed by atoms with Crippen LogP contribution in [-0.4, -0.2) is 17.6 Å². The molecule has 4 nitrogen and oxygen atoms in total. The van der Waals surface area contributed by atoms with E-state index in [9.17, 15) is 4.79 Å². The number of amides is 2. The predicted octanol–water partition coefficient (Wildman–Crippen LogP) is 1.08. The SMILES string of the molecule is CCNC(=O)Nc1n[c]cs1. The van der Waals surface area contributed by atoms with Gasteiger partial charge in [0.15, 0.2) is 5.13 Å². The van der Waals surface area contributed by atoms with E-state index in [0.29, 0.717) is 11.7 Å². The molecule has 1 rings (SSSR count). The molecule has 0 fully saturated rings. The number of rotatable bonds is 2. The van der Waals surface area contributed by atoms with Crippen LogP contribution in [-0.2, 0) is 0 Å². The number of hydrogen-bond acceptors (Lipinski definition) is 3. The Kier molecular flexibility index (Phi) is 2.85. The summed E-state index contributed by atoms with van der Waals surface area (Å²) in [5.41, 5.74) is 0. The highest BCUT2D eigenvalue weighted by Crippen LogP contribution is 2.08. The van der Waals surface area contributed by atoms with Crippen molar-refractivity contribution in [3.05, 3.63) is 11.6 Å². The minimum atomic E-state index is -0.226. The Bertz CT molecular complexity index is 222. The predicted molar refractivity (Wildman–Crippen MR) is 43.6 cm³/mol. The zero-order valence-corrected chi connectivity index (χ0v) is 6.86. The lowest BCUT2D eigenvalue weighted by Crippen LogP contribution is -2.28. The average molecular weight is 170 g/mol. The van der Waals surface area contributed by atoms with E-state index in [-0.39, 0.29) is 6.03 Å². The Morgan fingerprint density at radius 2 is 2.73 bits per heavy atom. The maximum absolute atomic E-state index is 10.8. The third-order valence-electron chi connectivity index (χ3n) is 0.947. The van der Waals surface area contributed by atoms with Gasteiger partial charge in [-0.25, -0.2) is 9.78 Å². The standard InChI is InChI=1S/C6H8N3OS/c1-2-7-5(10)9-6-8-3-4-11-6/h4H,2H2,1H3,(H2,7,8,9,10). The molecule has 0 saturated heterocycles. The van der Waals surface area contributed by atoms with Crippen LogP contribution in [0.15, 0.2) is 5.38 Å². The van der Waals surface area contributed by atoms with E-state index < -0.39 is 0 Å². The summed E-state index contributed by atoms with van der Waals surface area (Å²) in [6, 6.07) is -0.226. The number of aromatic nitrogens is 1. The molecule has 1 aromatic rings. The number of hydrogen-bond donors (Lipinski definition) is 2. The first-order chi connectivity index (χ1) is 5.33. The summed E-state index contributed by atoms with van der Waals surface area (Å²) in [5, 5.41) is 7.38. The van der Waals surface area contributed by atoms with Crippen LogP contribution in [0.4, 0.5) is 9.93 Å². The summed E-state index contributed by atoms with van der Waals surface area (Å²) in [4.78, 5) is 14.6. The van der Waals surface area contributed by atoms with Crippen molar-refractivity contribution >= 4 is 22.5 Å². The van der Waals surface area contributed by atoms with Crippen LogP contribution >= 0.6 is 11.3 Å². The van der Waals surface area contributed by atoms with Crippen molar-refractivity contribution in [2.75, 3.05) is 11.9 Å². The van der Waals surface area contributed by atoms with E-state index in [1.807, 2.05) is 6.92 Å². The number of nitrogens with one attached hydrogen (secondary N) is 2. The maximum atomic E-state index is 10.8. The fourth-order valence-electron chi connectivity index (χ4n) is 0.553. The zero-order chi connectivity index (χ0) is 8.10. The number of carbonyl (C=O) groups excluding carboxylic acids is 1. The Balaban J connectivity index is 2.37. The normalized spacial score (nSPS) is 9.18. The third kappa shape index (κ3) is 2.55. The van der Waals surface area contributed by atoms with Crippen LogP contribution in [0.1, 0.15) is 6.92 Å². The van der Waals surface area contributed by atoms with Crippen LogP contribution < -0.4 is 10.6 Å². The summed E-state index contributed by atoms with van der Waals surface area (Å²) in [6.07, 6.45) is 2.60. The Hall–Kier alpha value is -1.10. The molecule has 2 amide bonds. The van der Waals surface area contributed by atoms with E-state index in [4.69, 9.17) is 0 Å². The van der Waals surface area contributed by atoms with Crippen LogP contribution in [0.5, 0.6) is 0 Å². The quantitative estimate of drug-likeness (QED) is 0.698. The minimum Gasteiger partial charge on any atom is -0.338 e. The first kappa shape index (κ1) is 8.00. The molecule has 0 aromatic carbocycles. The van der Waals surface area contributed by atoms with E-state index in [1.54, 1.807) is 5.38 Å². The van der Waals surface area contributed by atoms with Crippen molar-refractivity contribution in [1.29, 1.82) is 0 Å². The zero-order valence-electron chi connectivity index (χ0n) is 6.05. The molecule has 0 saturated carbocycles. The summed E-state index contributed by atoms with van der Waals surface area (Å²) in [5.74, 6) is 0. The number of nitrogens with zero attached hydrogens (tertiary/aromatic N) is 1. The van der Waals surface area contributed by atoms with Crippen molar-refractivity contribution < 1.29 is 4.79 Å². The third-order valence-corrected chi connectivity index (χ3v) is 1.59. The summed E-state index contributed by atoms with van der Waals surface area (Å²) in [6.45, 7) is 2.47. The number of urea groups is 1. The van der Waals surface area contributed by atoms with E-state index in [2.05, 4.69) is 21.8 Å². The van der Waals surface area contributed by atoms with Crippen LogP contribution in [0.3, 0.4) is 0 Å². The van der Waals surface area contributed by atoms with Gasteiger partial charge < -0.3 is 5.32 Å². The van der Waals surface area contributed by atoms with Gasteiger partial charge in [0.05, 0.1) is 0 Å². The van der Waals surface area contributed by atoms with E-state index in [0.717, 1.165) is 0 Å². The molecule has 2 N–H and O–H groups in total. The minimum absolute atomic E-state index is 0.226. The maximum Gasteiger partial charge on any atom is 0.321 e. The Morgan fingerprint density at radius 1 is 1.91 bits per heavy atom. The lowest BCUT2D eigenvalue weighted by atomic mass is 10.7. The summed E-state index contributed by atoms with van der Waals surface area (Å²) in [7, 11) is 0. The molecule has 59 valence electrons. The second kappa shape index (κ2) is 3.92. The molecule has 0 unspecified atom stereocenters. The van der Waals surface area contributed by atoms with Gasteiger partial charge in [0, 0.05) is 11.9 Å². The second-order valence-corrected chi connectivity index (χ2v) is 2.62. The van der Waals surface area contributed by atoms with Gasteiger partial charge in [-0.2, -0.15) is 0 Å². The lowest BCUT2D eigenvalue weighted by molar-refractivity contribution is 0.252. The van der Waals surface area contributed by atoms with Gasteiger partial charge >= 0.3 is 6.03 Å². The van der Waals surface area contributed by atoms with Crippen molar-refractivity contribution in [3.63, 3.8) is 0 Å². The topological polar surface area (TPSA) is 54.0 Å². The molecule has 0 aliphatic rings. The Morgan fingerprint density at radius 3 is 3.27 bits per heavy atom. The molecular formula is C6H8N3OS. The summed E-state index contributed by atoms with van der Waals surface area (Å²) < 4.78 is 0. The number of thiazole rings is 1. The molecular weight excluding hydrogens is 162 g/mol. The smallest absolute Gasteiger partial charge is 0.321 e. The molecule has 0 aliphatic carbocycles. The number of carbonyl (C=O) groups is 1. The van der Waals surface area contributed by atoms with Gasteiger partial charge in [-0.15, -0.1) is 11.3 Å². The second-order valence-electron chi connectivity index (χ2n) is 1.77. The molecule has 0 bridgehead atoms. The molecule has 1 aromatic heterocycles. The number of anilines is 1. The van der Waals surface area contributed by atoms with Gasteiger partial charge in [-0.05, 0) is 6.92 Å². The first-order valence-corrected chi connectivity index (χ1v) is 4.07. The molecule has 11 heavy (non-hydrogen) atoms. The molecule has 1 heterocycles. The highest BCUT2D eigenvalue weighted by Gasteiger charge is 1.99. The first-order valence-electron chi connectivity index (χ1n) is 3.19. The van der Waals surface area contributed by atoms with Gasteiger partial charge in [0.25, 0.3) is 0 Å². The summed E-state index contributed by atoms with van der Waals surface area (Å²) >= 11 is 1.34. The lowest BCUT2D eigenvalue weighted by Gasteiger charge is -2.00. The van der Waals surface area contributed by atoms with E-state index >= 15 is 0 Å². The molecule has 0 spiro atoms. The highest BCUT2D eigenvalue weighted by molar-refractivity contribution is 7.13. The Labute approximate surface area is 68.6 Å². The fraction of sp³-hybridized carbons (Fsp3) is 0.333. The highest BCUT2D eigenvalue weighted by atomic mass is 32.1. The molecule has 1 radical (unpaired) electrons.